The molecule has 4 N–H and O–H groups in total. The molecule has 3 rings (SSSR count). The zero-order valence-corrected chi connectivity index (χ0v) is 15.8. The van der Waals surface area contributed by atoms with Gasteiger partial charge in [-0.2, -0.15) is 0 Å². The molecular formula is C18H26ClFN4O3. The van der Waals surface area contributed by atoms with Crippen LogP contribution in [0.2, 0.25) is 0 Å². The van der Waals surface area contributed by atoms with Gasteiger partial charge in [0, 0.05) is 31.9 Å². The van der Waals surface area contributed by atoms with E-state index < -0.39 is 11.9 Å². The monoisotopic (exact) mass is 400 g/mol. The van der Waals surface area contributed by atoms with Gasteiger partial charge in [0.25, 0.3) is 0 Å². The Morgan fingerprint density at radius 2 is 2.19 bits per heavy atom. The van der Waals surface area contributed by atoms with E-state index in [-0.39, 0.29) is 36.3 Å². The summed E-state index contributed by atoms with van der Waals surface area (Å²) < 4.78 is 13.1. The van der Waals surface area contributed by atoms with Gasteiger partial charge < -0.3 is 26.0 Å². The number of hydrogen-bond acceptors (Lipinski definition) is 4. The van der Waals surface area contributed by atoms with E-state index in [2.05, 4.69) is 16.0 Å². The number of amides is 3. The predicted molar refractivity (Wildman–Crippen MR) is 102 cm³/mol. The fourth-order valence-corrected chi connectivity index (χ4v) is 3.54. The number of halogens is 2. The molecular weight excluding hydrogens is 375 g/mol. The summed E-state index contributed by atoms with van der Waals surface area (Å²) in [6, 6.07) is 5.02. The first-order chi connectivity index (χ1) is 12.5. The summed E-state index contributed by atoms with van der Waals surface area (Å²) in [5.74, 6) is -0.206. The highest BCUT2D eigenvalue weighted by Gasteiger charge is 2.33. The highest BCUT2D eigenvalue weighted by molar-refractivity contribution is 5.89. The Morgan fingerprint density at radius 1 is 1.37 bits per heavy atom. The van der Waals surface area contributed by atoms with Crippen molar-refractivity contribution in [3.63, 3.8) is 0 Å². The average molecular weight is 401 g/mol. The molecule has 2 heterocycles. The van der Waals surface area contributed by atoms with E-state index in [0.717, 1.165) is 12.8 Å². The summed E-state index contributed by atoms with van der Waals surface area (Å²) in [4.78, 5) is 26.3. The number of nitrogens with zero attached hydrogens (tertiary/aromatic N) is 1. The highest BCUT2D eigenvalue weighted by Crippen LogP contribution is 2.19. The number of aliphatic hydroxyl groups excluding tert-OH is 1. The first kappa shape index (κ1) is 21.4. The molecule has 0 spiro atoms. The average Bonchev–Trinajstić information content (AvgIpc) is 3.06. The number of carbonyl (C=O) groups is 2. The molecule has 0 saturated carbocycles. The van der Waals surface area contributed by atoms with E-state index in [0.29, 0.717) is 38.3 Å². The van der Waals surface area contributed by atoms with Gasteiger partial charge in [-0.1, -0.05) is 6.07 Å². The molecule has 3 atom stereocenters. The number of aliphatic hydroxyl groups is 1. The lowest BCUT2D eigenvalue weighted by Gasteiger charge is -2.34. The lowest BCUT2D eigenvalue weighted by molar-refractivity contribution is -0.135. The number of benzene rings is 1. The number of hydrogen-bond donors (Lipinski definition) is 4. The quantitative estimate of drug-likeness (QED) is 0.613. The van der Waals surface area contributed by atoms with Crippen LogP contribution >= 0.6 is 12.4 Å². The fourth-order valence-electron chi connectivity index (χ4n) is 3.54. The molecule has 150 valence electrons. The number of piperidine rings is 1. The third-order valence-corrected chi connectivity index (χ3v) is 4.87. The normalized spacial score (nSPS) is 24.8. The molecule has 9 heteroatoms. The van der Waals surface area contributed by atoms with Gasteiger partial charge in [-0.3, -0.25) is 4.79 Å². The second-order valence-corrected chi connectivity index (χ2v) is 6.99. The Balaban J connectivity index is 0.00000261. The van der Waals surface area contributed by atoms with Crippen LogP contribution in [0.25, 0.3) is 0 Å². The number of anilines is 1. The molecule has 0 aliphatic carbocycles. The van der Waals surface area contributed by atoms with Crippen LogP contribution in [0.3, 0.4) is 0 Å². The minimum absolute atomic E-state index is 0. The van der Waals surface area contributed by atoms with Crippen molar-refractivity contribution in [2.24, 2.45) is 5.92 Å². The number of urea groups is 1. The third-order valence-electron chi connectivity index (χ3n) is 4.87. The van der Waals surface area contributed by atoms with Crippen LogP contribution in [-0.4, -0.2) is 60.3 Å². The lowest BCUT2D eigenvalue weighted by Crippen LogP contribution is -2.49. The van der Waals surface area contributed by atoms with Gasteiger partial charge in [0.15, 0.2) is 0 Å². The van der Waals surface area contributed by atoms with E-state index in [1.165, 1.54) is 18.2 Å². The van der Waals surface area contributed by atoms with Crippen molar-refractivity contribution in [1.82, 2.24) is 15.5 Å². The Morgan fingerprint density at radius 3 is 2.89 bits per heavy atom. The first-order valence-corrected chi connectivity index (χ1v) is 9.02. The van der Waals surface area contributed by atoms with E-state index in [9.17, 15) is 19.1 Å². The van der Waals surface area contributed by atoms with Gasteiger partial charge in [-0.05, 0) is 43.4 Å². The van der Waals surface area contributed by atoms with Crippen molar-refractivity contribution < 1.29 is 19.1 Å². The second-order valence-electron chi connectivity index (χ2n) is 6.99. The van der Waals surface area contributed by atoms with Crippen LogP contribution in [-0.2, 0) is 4.79 Å². The van der Waals surface area contributed by atoms with E-state index in [1.54, 1.807) is 6.07 Å². The smallest absolute Gasteiger partial charge is 0.319 e. The first-order valence-electron chi connectivity index (χ1n) is 9.02. The molecule has 3 unspecified atom stereocenters. The van der Waals surface area contributed by atoms with Crippen molar-refractivity contribution >= 4 is 30.0 Å². The molecule has 0 bridgehead atoms. The van der Waals surface area contributed by atoms with E-state index in [4.69, 9.17) is 0 Å². The van der Waals surface area contributed by atoms with Gasteiger partial charge >= 0.3 is 6.03 Å². The predicted octanol–water partition coefficient (Wildman–Crippen LogP) is 1.33. The molecule has 2 aliphatic heterocycles. The minimum Gasteiger partial charge on any atom is -0.392 e. The van der Waals surface area contributed by atoms with Crippen molar-refractivity contribution in [2.45, 2.75) is 31.4 Å². The molecule has 1 aromatic rings. The fraction of sp³-hybridized carbons (Fsp3) is 0.556. The van der Waals surface area contributed by atoms with Crippen molar-refractivity contribution in [1.29, 1.82) is 0 Å². The molecule has 7 nitrogen and oxygen atoms in total. The molecule has 0 aromatic heterocycles. The number of rotatable bonds is 4. The molecule has 0 radical (unpaired) electrons. The van der Waals surface area contributed by atoms with Crippen LogP contribution < -0.4 is 16.0 Å². The van der Waals surface area contributed by atoms with Crippen molar-refractivity contribution in [3.05, 3.63) is 30.1 Å². The van der Waals surface area contributed by atoms with Gasteiger partial charge in [0.05, 0.1) is 12.1 Å². The largest absolute Gasteiger partial charge is 0.392 e. The molecule has 1 aromatic carbocycles. The topological polar surface area (TPSA) is 93.7 Å². The number of β-amino-alcohol motifs (C(OH)–C–C–N with tert-alkyl or cyclic N) is 1. The van der Waals surface area contributed by atoms with Gasteiger partial charge in [-0.15, -0.1) is 12.4 Å². The van der Waals surface area contributed by atoms with Crippen LogP contribution in [0.5, 0.6) is 0 Å². The van der Waals surface area contributed by atoms with Gasteiger partial charge in [0.2, 0.25) is 5.91 Å². The Labute approximate surface area is 164 Å². The van der Waals surface area contributed by atoms with Crippen molar-refractivity contribution in [2.75, 3.05) is 31.5 Å². The lowest BCUT2D eigenvalue weighted by atomic mass is 9.97. The molecule has 3 amide bonds. The van der Waals surface area contributed by atoms with E-state index in [1.807, 2.05) is 4.90 Å². The molecule has 27 heavy (non-hydrogen) atoms. The third kappa shape index (κ3) is 6.05. The molecule has 2 saturated heterocycles. The number of carbonyl (C=O) groups excluding carboxylic acids is 2. The minimum atomic E-state index is -0.460. The molecule has 2 aliphatic rings. The summed E-state index contributed by atoms with van der Waals surface area (Å²) in [7, 11) is 0. The van der Waals surface area contributed by atoms with Gasteiger partial charge in [-0.25, -0.2) is 9.18 Å². The highest BCUT2D eigenvalue weighted by atomic mass is 35.5. The summed E-state index contributed by atoms with van der Waals surface area (Å²) >= 11 is 0. The summed E-state index contributed by atoms with van der Waals surface area (Å²) in [6.07, 6.45) is 1.82. The van der Waals surface area contributed by atoms with Crippen LogP contribution in [0.15, 0.2) is 24.3 Å². The standard InChI is InChI=1S/C18H25FN4O3.ClH/c19-13-4-1-5-14(7-13)22-18(26)21-9-12-3-2-6-23(11-12)17(25)16-8-15(24)10-20-16;/h1,4-5,7,12,15-16,20,24H,2-3,6,8-11H2,(H2,21,22,26);1H. The number of nitrogens with one attached hydrogen (secondary N) is 3. The maximum absolute atomic E-state index is 13.1. The Bertz CT molecular complexity index is 663. The maximum Gasteiger partial charge on any atom is 0.319 e. The zero-order valence-electron chi connectivity index (χ0n) is 15.0. The van der Waals surface area contributed by atoms with E-state index >= 15 is 0 Å². The van der Waals surface area contributed by atoms with Crippen LogP contribution in [0.4, 0.5) is 14.9 Å². The van der Waals surface area contributed by atoms with Gasteiger partial charge in [0.1, 0.15) is 5.82 Å². The summed E-state index contributed by atoms with van der Waals surface area (Å²) in [5.41, 5.74) is 0.397. The Kier molecular flexibility index (Phi) is 7.82. The second kappa shape index (κ2) is 9.87. The van der Waals surface area contributed by atoms with Crippen molar-refractivity contribution in [3.8, 4) is 0 Å². The van der Waals surface area contributed by atoms with Crippen LogP contribution in [0.1, 0.15) is 19.3 Å². The summed E-state index contributed by atoms with van der Waals surface area (Å²) in [6.45, 7) is 2.20. The Hall–Kier alpha value is -1.90. The molecule has 2 fully saturated rings. The number of likely N-dealkylation sites (tertiary alicyclic amines) is 1. The zero-order chi connectivity index (χ0) is 18.5. The SMILES string of the molecule is Cl.O=C(NCC1CCCN(C(=O)C2CC(O)CN2)C1)Nc1cccc(F)c1. The van der Waals surface area contributed by atoms with Crippen LogP contribution in [0, 0.1) is 11.7 Å². The summed E-state index contributed by atoms with van der Waals surface area (Å²) in [5, 5.41) is 18.0. The maximum atomic E-state index is 13.1.